The SMILES string of the molecule is CCCCCCCCSSCCCCCCCCCCCOC(=O)c1ccc2cc3ccccc3cc2c1. The van der Waals surface area contributed by atoms with Crippen molar-refractivity contribution in [2.24, 2.45) is 0 Å². The number of benzene rings is 3. The van der Waals surface area contributed by atoms with E-state index in [1.54, 1.807) is 0 Å². The van der Waals surface area contributed by atoms with E-state index in [4.69, 9.17) is 4.74 Å². The summed E-state index contributed by atoms with van der Waals surface area (Å²) in [4.78, 5) is 12.5. The Morgan fingerprint density at radius 3 is 1.68 bits per heavy atom. The van der Waals surface area contributed by atoms with Crippen LogP contribution in [0.1, 0.15) is 114 Å². The molecule has 0 radical (unpaired) electrons. The van der Waals surface area contributed by atoms with Gasteiger partial charge in [-0.05, 0) is 65.1 Å². The first kappa shape index (κ1) is 30.9. The lowest BCUT2D eigenvalue weighted by atomic mass is 10.0. The molecule has 0 N–H and O–H groups in total. The molecule has 3 aromatic rings. The van der Waals surface area contributed by atoms with Gasteiger partial charge in [0.15, 0.2) is 0 Å². The van der Waals surface area contributed by atoms with E-state index in [2.05, 4.69) is 58.8 Å². The van der Waals surface area contributed by atoms with Crippen molar-refractivity contribution in [1.29, 1.82) is 0 Å². The molecule has 2 nitrogen and oxygen atoms in total. The van der Waals surface area contributed by atoms with Gasteiger partial charge in [0.2, 0.25) is 0 Å². The van der Waals surface area contributed by atoms with Crippen molar-refractivity contribution in [3.8, 4) is 0 Å². The molecule has 0 fully saturated rings. The summed E-state index contributed by atoms with van der Waals surface area (Å²) in [6.07, 6.45) is 19.9. The first-order valence-electron chi connectivity index (χ1n) is 15.1. The number of unbranched alkanes of at least 4 members (excludes halogenated alkanes) is 13. The van der Waals surface area contributed by atoms with E-state index in [0.29, 0.717) is 12.2 Å². The largest absolute Gasteiger partial charge is 0.462 e. The van der Waals surface area contributed by atoms with Crippen LogP contribution in [-0.4, -0.2) is 24.1 Å². The first-order valence-corrected chi connectivity index (χ1v) is 17.6. The molecule has 0 unspecified atom stereocenters. The van der Waals surface area contributed by atoms with Gasteiger partial charge in [0.05, 0.1) is 12.2 Å². The number of hydrogen-bond donors (Lipinski definition) is 0. The number of hydrogen-bond acceptors (Lipinski definition) is 4. The summed E-state index contributed by atoms with van der Waals surface area (Å²) in [6.45, 7) is 2.80. The van der Waals surface area contributed by atoms with Gasteiger partial charge < -0.3 is 4.74 Å². The van der Waals surface area contributed by atoms with Gasteiger partial charge >= 0.3 is 5.97 Å². The van der Waals surface area contributed by atoms with E-state index in [9.17, 15) is 4.79 Å². The molecule has 0 saturated carbocycles. The quantitative estimate of drug-likeness (QED) is 0.0568. The maximum atomic E-state index is 12.5. The summed E-state index contributed by atoms with van der Waals surface area (Å²) >= 11 is 0. The van der Waals surface area contributed by atoms with Crippen LogP contribution in [0.5, 0.6) is 0 Å². The minimum Gasteiger partial charge on any atom is -0.462 e. The monoisotopic (exact) mass is 552 g/mol. The number of fused-ring (bicyclic) bond motifs is 2. The van der Waals surface area contributed by atoms with Gasteiger partial charge in [-0.3, -0.25) is 0 Å². The predicted molar refractivity (Wildman–Crippen MR) is 172 cm³/mol. The fourth-order valence-electron chi connectivity index (χ4n) is 4.87. The van der Waals surface area contributed by atoms with Gasteiger partial charge in [0.25, 0.3) is 0 Å². The van der Waals surface area contributed by atoms with Crippen molar-refractivity contribution in [2.75, 3.05) is 18.1 Å². The fourth-order valence-corrected chi connectivity index (χ4v) is 7.17. The Morgan fingerprint density at radius 2 is 1.08 bits per heavy atom. The molecule has 38 heavy (non-hydrogen) atoms. The summed E-state index contributed by atoms with van der Waals surface area (Å²) < 4.78 is 5.56. The van der Waals surface area contributed by atoms with Crippen LogP contribution in [0.15, 0.2) is 54.6 Å². The van der Waals surface area contributed by atoms with Gasteiger partial charge in [0, 0.05) is 11.5 Å². The molecule has 0 saturated heterocycles. The molecular formula is C34H48O2S2. The molecule has 0 aromatic heterocycles. The van der Waals surface area contributed by atoms with E-state index < -0.39 is 0 Å². The average molecular weight is 553 g/mol. The third kappa shape index (κ3) is 12.0. The molecule has 0 spiro atoms. The van der Waals surface area contributed by atoms with Crippen molar-refractivity contribution >= 4 is 49.1 Å². The molecule has 4 heteroatoms. The van der Waals surface area contributed by atoms with E-state index >= 15 is 0 Å². The lowest BCUT2D eigenvalue weighted by Crippen LogP contribution is -2.06. The third-order valence-corrected chi connectivity index (χ3v) is 9.79. The number of carbonyl (C=O) groups excluding carboxylic acids is 1. The smallest absolute Gasteiger partial charge is 0.338 e. The van der Waals surface area contributed by atoms with Crippen LogP contribution in [0, 0.1) is 0 Å². The average Bonchev–Trinajstić information content (AvgIpc) is 2.94. The molecule has 0 aliphatic heterocycles. The first-order chi connectivity index (χ1) is 18.8. The molecule has 0 bridgehead atoms. The van der Waals surface area contributed by atoms with Crippen molar-refractivity contribution in [1.82, 2.24) is 0 Å². The van der Waals surface area contributed by atoms with Crippen LogP contribution in [0.2, 0.25) is 0 Å². The van der Waals surface area contributed by atoms with Crippen molar-refractivity contribution < 1.29 is 9.53 Å². The topological polar surface area (TPSA) is 26.3 Å². The highest BCUT2D eigenvalue weighted by Crippen LogP contribution is 2.25. The van der Waals surface area contributed by atoms with E-state index in [1.165, 1.54) is 106 Å². The summed E-state index contributed by atoms with van der Waals surface area (Å²) in [5.74, 6) is 2.44. The number of ether oxygens (including phenoxy) is 1. The van der Waals surface area contributed by atoms with Gasteiger partial charge in [-0.1, -0.05) is 136 Å². The second-order valence-electron chi connectivity index (χ2n) is 10.5. The Morgan fingerprint density at radius 1 is 0.579 bits per heavy atom. The molecule has 0 atom stereocenters. The Balaban J connectivity index is 1.12. The van der Waals surface area contributed by atoms with Crippen molar-refractivity contribution in [3.05, 3.63) is 60.2 Å². The maximum absolute atomic E-state index is 12.5. The van der Waals surface area contributed by atoms with E-state index in [0.717, 1.165) is 23.6 Å². The highest BCUT2D eigenvalue weighted by molar-refractivity contribution is 8.76. The normalized spacial score (nSPS) is 11.4. The Hall–Kier alpha value is -1.65. The van der Waals surface area contributed by atoms with Crippen LogP contribution < -0.4 is 0 Å². The van der Waals surface area contributed by atoms with Crippen LogP contribution in [-0.2, 0) is 4.74 Å². The van der Waals surface area contributed by atoms with E-state index in [1.807, 2.05) is 24.3 Å². The summed E-state index contributed by atoms with van der Waals surface area (Å²) in [7, 11) is 4.17. The number of esters is 1. The second kappa shape index (κ2) is 19.4. The second-order valence-corrected chi connectivity index (χ2v) is 13.2. The summed E-state index contributed by atoms with van der Waals surface area (Å²) in [6, 6.07) is 18.5. The van der Waals surface area contributed by atoms with Gasteiger partial charge in [0.1, 0.15) is 0 Å². The van der Waals surface area contributed by atoms with Crippen LogP contribution >= 0.6 is 21.6 Å². The highest BCUT2D eigenvalue weighted by Gasteiger charge is 2.08. The lowest BCUT2D eigenvalue weighted by Gasteiger charge is -2.07. The maximum Gasteiger partial charge on any atom is 0.338 e. The fraction of sp³-hybridized carbons (Fsp3) is 0.559. The zero-order chi connectivity index (χ0) is 26.7. The predicted octanol–water partition coefficient (Wildman–Crippen LogP) is 11.4. The lowest BCUT2D eigenvalue weighted by molar-refractivity contribution is 0.0498. The number of carbonyl (C=O) groups is 1. The Bertz CT molecular complexity index is 1060. The van der Waals surface area contributed by atoms with Crippen LogP contribution in [0.3, 0.4) is 0 Å². The van der Waals surface area contributed by atoms with Gasteiger partial charge in [-0.15, -0.1) is 0 Å². The van der Waals surface area contributed by atoms with Crippen molar-refractivity contribution in [3.63, 3.8) is 0 Å². The third-order valence-electron chi connectivity index (χ3n) is 7.21. The summed E-state index contributed by atoms with van der Waals surface area (Å²) in [5, 5.41) is 4.65. The van der Waals surface area contributed by atoms with Crippen LogP contribution in [0.25, 0.3) is 21.5 Å². The Kier molecular flexibility index (Phi) is 15.8. The van der Waals surface area contributed by atoms with Crippen molar-refractivity contribution in [2.45, 2.75) is 103 Å². The molecule has 0 aliphatic carbocycles. The molecule has 0 amide bonds. The summed E-state index contributed by atoms with van der Waals surface area (Å²) in [5.41, 5.74) is 0.641. The molecule has 208 valence electrons. The number of rotatable bonds is 21. The molecule has 3 rings (SSSR count). The minimum atomic E-state index is -0.209. The van der Waals surface area contributed by atoms with Gasteiger partial charge in [-0.25, -0.2) is 4.79 Å². The molecule has 0 aliphatic rings. The zero-order valence-corrected chi connectivity index (χ0v) is 25.2. The molecular weight excluding hydrogens is 505 g/mol. The minimum absolute atomic E-state index is 0.209. The highest BCUT2D eigenvalue weighted by atomic mass is 33.1. The molecule has 3 aromatic carbocycles. The van der Waals surface area contributed by atoms with E-state index in [-0.39, 0.29) is 5.97 Å². The Labute approximate surface area is 239 Å². The van der Waals surface area contributed by atoms with Gasteiger partial charge in [-0.2, -0.15) is 0 Å². The van der Waals surface area contributed by atoms with Crippen LogP contribution in [0.4, 0.5) is 0 Å². The zero-order valence-electron chi connectivity index (χ0n) is 23.6. The molecule has 0 heterocycles. The standard InChI is InChI=1S/C34H48O2S2/c1-2-3-4-5-12-17-24-37-38-25-18-13-10-8-6-7-9-11-16-23-36-34(35)32-22-21-31-26-29-19-14-15-20-30(29)27-33(31)28-32/h14-15,19-22,26-28H,2-13,16-18,23-25H2,1H3.